The number of nitrogens with one attached hydrogen (secondary N) is 2. The minimum atomic E-state index is -3.51. The Labute approximate surface area is 169 Å². The van der Waals surface area contributed by atoms with Crippen molar-refractivity contribution >= 4 is 21.6 Å². The second-order valence-corrected chi connectivity index (χ2v) is 8.77. The maximum atomic E-state index is 12.4. The van der Waals surface area contributed by atoms with Crippen molar-refractivity contribution in [1.82, 2.24) is 10.0 Å². The lowest BCUT2D eigenvalue weighted by Crippen LogP contribution is -2.32. The molecule has 29 heavy (non-hydrogen) atoms. The van der Waals surface area contributed by atoms with Gasteiger partial charge < -0.3 is 5.32 Å². The van der Waals surface area contributed by atoms with Crippen molar-refractivity contribution < 1.29 is 18.1 Å². The number of sulfonamides is 1. The first-order chi connectivity index (χ1) is 13.8. The third-order valence-corrected chi connectivity index (χ3v) is 6.49. The molecular weight excluding hydrogens is 394 g/mol. The summed E-state index contributed by atoms with van der Waals surface area (Å²) in [4.78, 5) is 22.5. The molecule has 2 aromatic rings. The highest BCUT2D eigenvalue weighted by atomic mass is 32.2. The van der Waals surface area contributed by atoms with Crippen LogP contribution in [0.15, 0.2) is 53.4 Å². The molecule has 0 radical (unpaired) electrons. The van der Waals surface area contributed by atoms with E-state index >= 15 is 0 Å². The summed E-state index contributed by atoms with van der Waals surface area (Å²) in [6.45, 7) is 0.363. The van der Waals surface area contributed by atoms with Crippen molar-refractivity contribution in [2.24, 2.45) is 0 Å². The smallest absolute Gasteiger partial charge is 0.269 e. The van der Waals surface area contributed by atoms with Gasteiger partial charge in [0.05, 0.1) is 9.82 Å². The summed E-state index contributed by atoms with van der Waals surface area (Å²) in [6, 6.07) is 12.0. The topological polar surface area (TPSA) is 118 Å². The van der Waals surface area contributed by atoms with Crippen LogP contribution in [0.3, 0.4) is 0 Å². The monoisotopic (exact) mass is 417 g/mol. The highest BCUT2D eigenvalue weighted by molar-refractivity contribution is 7.89. The normalized spacial score (nSPS) is 14.6. The lowest BCUT2D eigenvalue weighted by Gasteiger charge is -2.13. The van der Waals surface area contributed by atoms with Crippen LogP contribution in [0.25, 0.3) is 0 Å². The third-order valence-electron chi connectivity index (χ3n) is 4.95. The molecule has 0 heterocycles. The SMILES string of the molecule is O=C(NCCc1ccc(S(=O)(=O)NC2CCCC2)cc1)c1ccc([N+](=O)[O-])cc1. The first kappa shape index (κ1) is 20.9. The van der Waals surface area contributed by atoms with Gasteiger partial charge >= 0.3 is 0 Å². The van der Waals surface area contributed by atoms with Gasteiger partial charge in [-0.05, 0) is 49.1 Å². The third kappa shape index (κ3) is 5.61. The van der Waals surface area contributed by atoms with Crippen LogP contribution in [0.2, 0.25) is 0 Å². The van der Waals surface area contributed by atoms with E-state index in [1.54, 1.807) is 24.3 Å². The van der Waals surface area contributed by atoms with Crippen LogP contribution in [0.1, 0.15) is 41.6 Å². The molecular formula is C20H23N3O5S. The molecule has 3 rings (SSSR count). The van der Waals surface area contributed by atoms with E-state index in [1.165, 1.54) is 24.3 Å². The molecule has 0 spiro atoms. The molecule has 1 aliphatic rings. The second kappa shape index (κ2) is 9.15. The van der Waals surface area contributed by atoms with Crippen molar-refractivity contribution in [3.63, 3.8) is 0 Å². The average Bonchev–Trinajstić information content (AvgIpc) is 3.20. The number of amides is 1. The molecule has 2 N–H and O–H groups in total. The quantitative estimate of drug-likeness (QED) is 0.506. The van der Waals surface area contributed by atoms with E-state index in [0.29, 0.717) is 18.5 Å². The van der Waals surface area contributed by atoms with Gasteiger partial charge in [0, 0.05) is 30.3 Å². The fraction of sp³-hybridized carbons (Fsp3) is 0.350. The van der Waals surface area contributed by atoms with Crippen molar-refractivity contribution in [3.8, 4) is 0 Å². The minimum absolute atomic E-state index is 0.0225. The molecule has 9 heteroatoms. The summed E-state index contributed by atoms with van der Waals surface area (Å²) in [5, 5.41) is 13.4. The fourth-order valence-electron chi connectivity index (χ4n) is 3.32. The lowest BCUT2D eigenvalue weighted by atomic mass is 10.1. The molecule has 1 fully saturated rings. The number of hydrogen-bond donors (Lipinski definition) is 2. The van der Waals surface area contributed by atoms with Gasteiger partial charge in [0.15, 0.2) is 0 Å². The standard InChI is InChI=1S/C20H23N3O5S/c24-20(16-7-9-18(10-8-16)23(25)26)21-14-13-15-5-11-19(12-6-15)29(27,28)22-17-3-1-2-4-17/h5-12,17,22H,1-4,13-14H2,(H,21,24). The Morgan fingerprint density at radius 3 is 2.24 bits per heavy atom. The molecule has 0 aromatic heterocycles. The number of carbonyl (C=O) groups excluding carboxylic acids is 1. The number of nitrogens with zero attached hydrogens (tertiary/aromatic N) is 1. The Morgan fingerprint density at radius 2 is 1.66 bits per heavy atom. The second-order valence-electron chi connectivity index (χ2n) is 7.06. The van der Waals surface area contributed by atoms with E-state index in [1.807, 2.05) is 0 Å². The minimum Gasteiger partial charge on any atom is -0.352 e. The van der Waals surface area contributed by atoms with Gasteiger partial charge in [-0.3, -0.25) is 14.9 Å². The van der Waals surface area contributed by atoms with Crippen LogP contribution in [-0.2, 0) is 16.4 Å². The highest BCUT2D eigenvalue weighted by Crippen LogP contribution is 2.20. The Hall–Kier alpha value is -2.78. The summed E-state index contributed by atoms with van der Waals surface area (Å²) < 4.78 is 27.6. The predicted molar refractivity (Wildman–Crippen MR) is 108 cm³/mol. The molecule has 2 aromatic carbocycles. The van der Waals surface area contributed by atoms with E-state index in [4.69, 9.17) is 0 Å². The number of nitro groups is 1. The first-order valence-electron chi connectivity index (χ1n) is 9.49. The zero-order chi connectivity index (χ0) is 20.9. The van der Waals surface area contributed by atoms with Gasteiger partial charge in [-0.2, -0.15) is 0 Å². The van der Waals surface area contributed by atoms with E-state index < -0.39 is 14.9 Å². The highest BCUT2D eigenvalue weighted by Gasteiger charge is 2.22. The number of non-ortho nitro benzene ring substituents is 1. The van der Waals surface area contributed by atoms with Crippen molar-refractivity contribution in [2.75, 3.05) is 6.54 Å². The molecule has 1 saturated carbocycles. The summed E-state index contributed by atoms with van der Waals surface area (Å²) in [5.74, 6) is -0.320. The zero-order valence-corrected chi connectivity index (χ0v) is 16.7. The van der Waals surface area contributed by atoms with Crippen molar-refractivity contribution in [3.05, 3.63) is 69.8 Å². The summed E-state index contributed by atoms with van der Waals surface area (Å²) >= 11 is 0. The molecule has 0 aliphatic heterocycles. The molecule has 1 aliphatic carbocycles. The van der Waals surface area contributed by atoms with E-state index in [9.17, 15) is 23.3 Å². The van der Waals surface area contributed by atoms with Gasteiger partial charge in [0.2, 0.25) is 10.0 Å². The van der Waals surface area contributed by atoms with Crippen LogP contribution < -0.4 is 10.0 Å². The Bertz CT molecular complexity index is 966. The van der Waals surface area contributed by atoms with E-state index in [2.05, 4.69) is 10.0 Å². The van der Waals surface area contributed by atoms with E-state index in [0.717, 1.165) is 31.2 Å². The summed E-state index contributed by atoms with van der Waals surface area (Å²) in [7, 11) is -3.51. The molecule has 1 amide bonds. The average molecular weight is 417 g/mol. The van der Waals surface area contributed by atoms with Crippen LogP contribution in [-0.4, -0.2) is 31.8 Å². The van der Waals surface area contributed by atoms with Gasteiger partial charge in [0.25, 0.3) is 11.6 Å². The fourth-order valence-corrected chi connectivity index (χ4v) is 4.63. The van der Waals surface area contributed by atoms with Crippen molar-refractivity contribution in [1.29, 1.82) is 0 Å². The molecule has 154 valence electrons. The van der Waals surface area contributed by atoms with Gasteiger partial charge in [-0.1, -0.05) is 25.0 Å². The number of rotatable bonds is 8. The molecule has 0 unspecified atom stereocenters. The lowest BCUT2D eigenvalue weighted by molar-refractivity contribution is -0.384. The molecule has 8 nitrogen and oxygen atoms in total. The van der Waals surface area contributed by atoms with E-state index in [-0.39, 0.29) is 22.5 Å². The maximum absolute atomic E-state index is 12.4. The maximum Gasteiger partial charge on any atom is 0.269 e. The van der Waals surface area contributed by atoms with Crippen LogP contribution in [0.5, 0.6) is 0 Å². The Balaban J connectivity index is 1.50. The number of benzene rings is 2. The summed E-state index contributed by atoms with van der Waals surface area (Å²) in [5.41, 5.74) is 1.17. The van der Waals surface area contributed by atoms with Gasteiger partial charge in [-0.25, -0.2) is 13.1 Å². The molecule has 0 saturated heterocycles. The zero-order valence-electron chi connectivity index (χ0n) is 15.8. The molecule has 0 atom stereocenters. The van der Waals surface area contributed by atoms with Crippen LogP contribution in [0, 0.1) is 10.1 Å². The van der Waals surface area contributed by atoms with Gasteiger partial charge in [-0.15, -0.1) is 0 Å². The van der Waals surface area contributed by atoms with Crippen LogP contribution >= 0.6 is 0 Å². The number of carbonyl (C=O) groups is 1. The Morgan fingerprint density at radius 1 is 1.03 bits per heavy atom. The largest absolute Gasteiger partial charge is 0.352 e. The number of nitro benzene ring substituents is 1. The molecule has 0 bridgehead atoms. The number of hydrogen-bond acceptors (Lipinski definition) is 5. The Kier molecular flexibility index (Phi) is 6.60. The van der Waals surface area contributed by atoms with Crippen molar-refractivity contribution in [2.45, 2.75) is 43.0 Å². The predicted octanol–water partition coefficient (Wildman–Crippen LogP) is 2.79. The first-order valence-corrected chi connectivity index (χ1v) is 11.0. The van der Waals surface area contributed by atoms with Crippen LogP contribution in [0.4, 0.5) is 5.69 Å². The summed E-state index contributed by atoms with van der Waals surface area (Å²) in [6.07, 6.45) is 4.40. The van der Waals surface area contributed by atoms with Gasteiger partial charge in [0.1, 0.15) is 0 Å².